The Labute approximate surface area is 131 Å². The fraction of sp³-hybridized carbons (Fsp3) is 0.462. The molecule has 102 valence electrons. The van der Waals surface area contributed by atoms with Crippen LogP contribution >= 0.6 is 35.7 Å². The lowest BCUT2D eigenvalue weighted by Crippen LogP contribution is -2.41. The number of thioether (sulfide) groups is 1. The van der Waals surface area contributed by atoms with E-state index in [9.17, 15) is 0 Å². The van der Waals surface area contributed by atoms with Crippen LogP contribution in [0.25, 0.3) is 0 Å². The molecule has 0 spiro atoms. The van der Waals surface area contributed by atoms with Crippen molar-refractivity contribution in [3.8, 4) is 0 Å². The summed E-state index contributed by atoms with van der Waals surface area (Å²) in [6.45, 7) is 5.11. The first-order valence-electron chi connectivity index (χ1n) is 5.87. The van der Waals surface area contributed by atoms with Gasteiger partial charge in [0.05, 0.1) is 0 Å². The Bertz CT molecular complexity index is 341. The zero-order valence-electron chi connectivity index (χ0n) is 11.1. The monoisotopic (exact) mass is 379 g/mol. The van der Waals surface area contributed by atoms with Gasteiger partial charge in [0.2, 0.25) is 0 Å². The van der Waals surface area contributed by atoms with Gasteiger partial charge in [0.15, 0.2) is 5.96 Å². The predicted molar refractivity (Wildman–Crippen MR) is 92.2 cm³/mol. The number of nitrogens with zero attached hydrogens (tertiary/aromatic N) is 1. The van der Waals surface area contributed by atoms with E-state index >= 15 is 0 Å². The van der Waals surface area contributed by atoms with E-state index in [4.69, 9.17) is 0 Å². The second-order valence-corrected chi connectivity index (χ2v) is 5.13. The summed E-state index contributed by atoms with van der Waals surface area (Å²) in [4.78, 5) is 5.46. The third-order valence-corrected chi connectivity index (χ3v) is 3.07. The highest BCUT2D eigenvalue weighted by atomic mass is 127. The molecule has 0 saturated carbocycles. The van der Waals surface area contributed by atoms with Crippen molar-refractivity contribution in [3.05, 3.63) is 30.3 Å². The lowest BCUT2D eigenvalue weighted by Gasteiger charge is -2.14. The van der Waals surface area contributed by atoms with Crippen molar-refractivity contribution >= 4 is 41.7 Å². The molecule has 0 fully saturated rings. The molecule has 0 aliphatic heterocycles. The Balaban J connectivity index is 0.00000289. The summed E-state index contributed by atoms with van der Waals surface area (Å²) in [6, 6.07) is 10.8. The number of rotatable bonds is 5. The van der Waals surface area contributed by atoms with Gasteiger partial charge < -0.3 is 10.6 Å². The molecule has 0 unspecified atom stereocenters. The maximum absolute atomic E-state index is 4.16. The smallest absolute Gasteiger partial charge is 0.191 e. The molecule has 0 atom stereocenters. The second kappa shape index (κ2) is 10.5. The van der Waals surface area contributed by atoms with Gasteiger partial charge >= 0.3 is 0 Å². The summed E-state index contributed by atoms with van der Waals surface area (Å²) in [5, 5.41) is 6.55. The number of aliphatic imine (C=N–C) groups is 1. The Morgan fingerprint density at radius 3 is 2.50 bits per heavy atom. The normalized spacial score (nSPS) is 11.0. The van der Waals surface area contributed by atoms with Crippen molar-refractivity contribution < 1.29 is 0 Å². The van der Waals surface area contributed by atoms with Crippen LogP contribution in [0.3, 0.4) is 0 Å². The van der Waals surface area contributed by atoms with Crippen LogP contribution in [0, 0.1) is 0 Å². The largest absolute Gasteiger partial charge is 0.356 e. The van der Waals surface area contributed by atoms with E-state index in [0.29, 0.717) is 6.04 Å². The summed E-state index contributed by atoms with van der Waals surface area (Å²) in [5.41, 5.74) is 0. The third-order valence-electron chi connectivity index (χ3n) is 2.06. The molecule has 3 nitrogen and oxygen atoms in total. The van der Waals surface area contributed by atoms with Crippen LogP contribution in [0.1, 0.15) is 13.8 Å². The lowest BCUT2D eigenvalue weighted by atomic mass is 10.4. The average molecular weight is 379 g/mol. The van der Waals surface area contributed by atoms with E-state index in [-0.39, 0.29) is 24.0 Å². The summed E-state index contributed by atoms with van der Waals surface area (Å²) in [7, 11) is 1.79. The summed E-state index contributed by atoms with van der Waals surface area (Å²) in [6.07, 6.45) is 0. The van der Waals surface area contributed by atoms with Crippen molar-refractivity contribution in [2.24, 2.45) is 4.99 Å². The van der Waals surface area contributed by atoms with Crippen LogP contribution < -0.4 is 10.6 Å². The van der Waals surface area contributed by atoms with E-state index in [1.54, 1.807) is 7.05 Å². The molecule has 1 aromatic rings. The van der Waals surface area contributed by atoms with Crippen LogP contribution in [0.4, 0.5) is 0 Å². The number of hydrogen-bond acceptors (Lipinski definition) is 2. The molecular weight excluding hydrogens is 357 g/mol. The van der Waals surface area contributed by atoms with E-state index < -0.39 is 0 Å². The van der Waals surface area contributed by atoms with Crippen LogP contribution in [-0.4, -0.2) is 31.3 Å². The van der Waals surface area contributed by atoms with Gasteiger partial charge in [0.1, 0.15) is 0 Å². The van der Waals surface area contributed by atoms with Crippen molar-refractivity contribution in [2.75, 3.05) is 19.3 Å². The zero-order chi connectivity index (χ0) is 12.5. The van der Waals surface area contributed by atoms with Gasteiger partial charge in [0.25, 0.3) is 0 Å². The average Bonchev–Trinajstić information content (AvgIpc) is 2.34. The summed E-state index contributed by atoms with van der Waals surface area (Å²) >= 11 is 1.85. The first-order chi connectivity index (χ1) is 8.22. The predicted octanol–water partition coefficient (Wildman–Crippen LogP) is 2.97. The van der Waals surface area contributed by atoms with Gasteiger partial charge in [-0.1, -0.05) is 18.2 Å². The van der Waals surface area contributed by atoms with E-state index in [1.165, 1.54) is 4.90 Å². The molecule has 5 heteroatoms. The molecule has 2 N–H and O–H groups in total. The lowest BCUT2D eigenvalue weighted by molar-refractivity contribution is 0.706. The molecule has 0 amide bonds. The van der Waals surface area contributed by atoms with Gasteiger partial charge in [-0.25, -0.2) is 0 Å². The molecule has 0 bridgehead atoms. The van der Waals surface area contributed by atoms with E-state index in [1.807, 2.05) is 17.8 Å². The third kappa shape index (κ3) is 7.81. The maximum Gasteiger partial charge on any atom is 0.191 e. The molecule has 0 heterocycles. The van der Waals surface area contributed by atoms with Crippen LogP contribution in [0.5, 0.6) is 0 Å². The number of benzene rings is 1. The molecule has 1 aromatic carbocycles. The van der Waals surface area contributed by atoms with Crippen molar-refractivity contribution in [1.82, 2.24) is 10.6 Å². The molecule has 0 radical (unpaired) electrons. The quantitative estimate of drug-likeness (QED) is 0.272. The van der Waals surface area contributed by atoms with Crippen LogP contribution in [-0.2, 0) is 0 Å². The maximum atomic E-state index is 4.16. The Morgan fingerprint density at radius 2 is 1.94 bits per heavy atom. The number of halogens is 1. The van der Waals surface area contributed by atoms with E-state index in [2.05, 4.69) is 53.7 Å². The van der Waals surface area contributed by atoms with Gasteiger partial charge in [-0.15, -0.1) is 35.7 Å². The zero-order valence-corrected chi connectivity index (χ0v) is 14.3. The standard InChI is InChI=1S/C13H21N3S.HI/c1-11(2)16-13(14-3)15-9-10-17-12-7-5-4-6-8-12;/h4-8,11H,9-10H2,1-3H3,(H2,14,15,16);1H. The van der Waals surface area contributed by atoms with Crippen molar-refractivity contribution in [3.63, 3.8) is 0 Å². The Kier molecular flexibility index (Phi) is 10.2. The molecule has 0 aromatic heterocycles. The molecule has 0 aliphatic rings. The highest BCUT2D eigenvalue weighted by molar-refractivity contribution is 14.0. The highest BCUT2D eigenvalue weighted by Crippen LogP contribution is 2.15. The molecule has 0 aliphatic carbocycles. The molecule has 0 saturated heterocycles. The minimum Gasteiger partial charge on any atom is -0.356 e. The summed E-state index contributed by atoms with van der Waals surface area (Å²) < 4.78 is 0. The van der Waals surface area contributed by atoms with Crippen molar-refractivity contribution in [1.29, 1.82) is 0 Å². The minimum absolute atomic E-state index is 0. The first kappa shape index (κ1) is 17.6. The topological polar surface area (TPSA) is 36.4 Å². The number of nitrogens with one attached hydrogen (secondary N) is 2. The van der Waals surface area contributed by atoms with Gasteiger partial charge in [-0.05, 0) is 26.0 Å². The van der Waals surface area contributed by atoms with Gasteiger partial charge in [-0.3, -0.25) is 4.99 Å². The molecule has 1 rings (SSSR count). The van der Waals surface area contributed by atoms with E-state index in [0.717, 1.165) is 18.3 Å². The fourth-order valence-corrected chi connectivity index (χ4v) is 2.11. The first-order valence-corrected chi connectivity index (χ1v) is 6.86. The Morgan fingerprint density at radius 1 is 1.28 bits per heavy atom. The SMILES string of the molecule is CN=C(NCCSc1ccccc1)NC(C)C.I. The Hall–Kier alpha value is -0.430. The molecule has 18 heavy (non-hydrogen) atoms. The van der Waals surface area contributed by atoms with Crippen LogP contribution in [0.15, 0.2) is 40.2 Å². The fourth-order valence-electron chi connectivity index (χ4n) is 1.32. The minimum atomic E-state index is 0. The van der Waals surface area contributed by atoms with Crippen molar-refractivity contribution in [2.45, 2.75) is 24.8 Å². The van der Waals surface area contributed by atoms with Gasteiger partial charge in [-0.2, -0.15) is 0 Å². The van der Waals surface area contributed by atoms with Crippen LogP contribution in [0.2, 0.25) is 0 Å². The molecular formula is C13H22IN3S. The van der Waals surface area contributed by atoms with Gasteiger partial charge in [0, 0.05) is 30.3 Å². The highest BCUT2D eigenvalue weighted by Gasteiger charge is 1.99. The number of hydrogen-bond donors (Lipinski definition) is 2. The number of guanidine groups is 1. The second-order valence-electron chi connectivity index (χ2n) is 3.96. The summed E-state index contributed by atoms with van der Waals surface area (Å²) in [5.74, 6) is 1.90.